The molecule has 14 heavy (non-hydrogen) atoms. The molecular weight excluding hydrogens is 361 g/mol. The van der Waals surface area contributed by atoms with Gasteiger partial charge in [-0.3, -0.25) is 0 Å². The van der Waals surface area contributed by atoms with Gasteiger partial charge in [0.2, 0.25) is 0 Å². The molecule has 0 rings (SSSR count). The van der Waals surface area contributed by atoms with E-state index in [2.05, 4.69) is 50.5 Å². The van der Waals surface area contributed by atoms with Crippen LogP contribution >= 0.6 is 0 Å². The SMILES string of the molecule is N#C[S-].N#C[S-].N#C[S-].N#C[S-].[Cu+2].[Zn+2]. The Morgan fingerprint density at radius 1 is 0.571 bits per heavy atom. The standard InChI is InChI=1S/4CHNS.Cu.Zn/c4*2-1-3;;/h4*3H;;/q;;;;2*+2/p-4. The van der Waals surface area contributed by atoms with Crippen LogP contribution in [0.5, 0.6) is 0 Å². The summed E-state index contributed by atoms with van der Waals surface area (Å²) >= 11 is 14.8. The van der Waals surface area contributed by atoms with Crippen LogP contribution in [0.3, 0.4) is 0 Å². The molecule has 1 radical (unpaired) electrons. The van der Waals surface area contributed by atoms with E-state index < -0.39 is 0 Å². The molecule has 0 atom stereocenters. The van der Waals surface area contributed by atoms with Crippen LogP contribution in [0.15, 0.2) is 0 Å². The zero-order valence-electron chi connectivity index (χ0n) is 6.43. The van der Waals surface area contributed by atoms with Crippen LogP contribution in [0.2, 0.25) is 0 Å². The van der Waals surface area contributed by atoms with Gasteiger partial charge in [0.15, 0.2) is 0 Å². The van der Waals surface area contributed by atoms with E-state index in [-0.39, 0.29) is 36.5 Å². The molecule has 0 aliphatic heterocycles. The normalized spacial score (nSPS) is 2.00. The maximum Gasteiger partial charge on any atom is 2.00 e. The molecular formula is C4CuN4S4Zn. The van der Waals surface area contributed by atoms with E-state index in [4.69, 9.17) is 21.0 Å². The van der Waals surface area contributed by atoms with Crippen molar-refractivity contribution in [2.24, 2.45) is 0 Å². The minimum Gasteiger partial charge on any atom is -0.696 e. The number of hydrogen-bond donors (Lipinski definition) is 0. The van der Waals surface area contributed by atoms with Gasteiger partial charge in [-0.25, -0.2) is 21.0 Å². The molecule has 0 aliphatic carbocycles. The molecule has 0 spiro atoms. The molecule has 0 saturated carbocycles. The van der Waals surface area contributed by atoms with Gasteiger partial charge in [0, 0.05) is 0 Å². The molecule has 0 heterocycles. The van der Waals surface area contributed by atoms with Crippen molar-refractivity contribution in [1.29, 1.82) is 21.0 Å². The van der Waals surface area contributed by atoms with Crippen LogP contribution in [-0.4, -0.2) is 0 Å². The first-order valence-corrected chi connectivity index (χ1v) is 3.34. The van der Waals surface area contributed by atoms with Gasteiger partial charge in [0.1, 0.15) is 0 Å². The first kappa shape index (κ1) is 37.0. The van der Waals surface area contributed by atoms with Crippen molar-refractivity contribution in [3.8, 4) is 21.6 Å². The fourth-order valence-electron chi connectivity index (χ4n) is 0. The number of nitrogens with zero attached hydrogens (tertiary/aromatic N) is 4. The third-order valence-electron chi connectivity index (χ3n) is 0. The van der Waals surface area contributed by atoms with E-state index in [0.717, 1.165) is 0 Å². The Kier molecular flexibility index (Phi) is 310. The van der Waals surface area contributed by atoms with Crippen molar-refractivity contribution in [2.45, 2.75) is 0 Å². The van der Waals surface area contributed by atoms with E-state index >= 15 is 0 Å². The molecule has 4 nitrogen and oxygen atoms in total. The van der Waals surface area contributed by atoms with Gasteiger partial charge in [0.05, 0.1) is 0 Å². The van der Waals surface area contributed by atoms with Crippen molar-refractivity contribution in [3.63, 3.8) is 0 Å². The first-order valence-electron chi connectivity index (χ1n) is 1.71. The molecule has 10 heteroatoms. The number of thiocyanates is 4. The van der Waals surface area contributed by atoms with E-state index in [1.807, 2.05) is 0 Å². The second-order valence-corrected chi connectivity index (χ2v) is 1.10. The largest absolute Gasteiger partial charge is 2.00 e. The van der Waals surface area contributed by atoms with Gasteiger partial charge in [-0.05, 0) is 0 Å². The molecule has 0 bridgehead atoms. The molecule has 0 fully saturated rings. The Balaban J connectivity index is -0.0000000145. The zero-order chi connectivity index (χ0) is 10.8. The van der Waals surface area contributed by atoms with Crippen molar-refractivity contribution >= 4 is 50.5 Å². The van der Waals surface area contributed by atoms with E-state index in [9.17, 15) is 0 Å². The van der Waals surface area contributed by atoms with Crippen LogP contribution in [-0.2, 0) is 87.1 Å². The quantitative estimate of drug-likeness (QED) is 0.339. The monoisotopic (exact) mass is 359 g/mol. The average molecular weight is 361 g/mol. The maximum atomic E-state index is 7.13. The Labute approximate surface area is 129 Å². The second-order valence-electron chi connectivity index (χ2n) is 0.365. The Morgan fingerprint density at radius 3 is 0.571 bits per heavy atom. The predicted molar refractivity (Wildman–Crippen MR) is 51.9 cm³/mol. The minimum absolute atomic E-state index is 0. The Hall–Kier alpha value is -0.0171. The topological polar surface area (TPSA) is 95.2 Å². The van der Waals surface area contributed by atoms with E-state index in [0.29, 0.717) is 0 Å². The van der Waals surface area contributed by atoms with Gasteiger partial charge in [-0.2, -0.15) is 0 Å². The van der Waals surface area contributed by atoms with Crippen molar-refractivity contribution in [2.75, 3.05) is 0 Å². The summed E-state index contributed by atoms with van der Waals surface area (Å²) in [5.41, 5.74) is 0. The van der Waals surface area contributed by atoms with Crippen LogP contribution in [0.4, 0.5) is 0 Å². The van der Waals surface area contributed by atoms with Crippen LogP contribution in [0.1, 0.15) is 0 Å². The van der Waals surface area contributed by atoms with Gasteiger partial charge < -0.3 is 50.5 Å². The maximum absolute atomic E-state index is 7.13. The van der Waals surface area contributed by atoms with Gasteiger partial charge >= 0.3 is 36.5 Å². The third-order valence-corrected chi connectivity index (χ3v) is 0. The van der Waals surface area contributed by atoms with Crippen molar-refractivity contribution < 1.29 is 36.5 Å². The number of nitriles is 4. The molecule has 0 amide bonds. The summed E-state index contributed by atoms with van der Waals surface area (Å²) in [5.74, 6) is 0. The van der Waals surface area contributed by atoms with Crippen LogP contribution in [0.25, 0.3) is 0 Å². The summed E-state index contributed by atoms with van der Waals surface area (Å²) < 4.78 is 0. The molecule has 0 aromatic heterocycles. The summed E-state index contributed by atoms with van der Waals surface area (Å²) in [5, 5.41) is 33.9. The van der Waals surface area contributed by atoms with Crippen molar-refractivity contribution in [3.05, 3.63) is 0 Å². The van der Waals surface area contributed by atoms with Gasteiger partial charge in [-0.1, -0.05) is 21.6 Å². The second kappa shape index (κ2) is 118. The zero-order valence-corrected chi connectivity index (χ0v) is 13.6. The Morgan fingerprint density at radius 2 is 0.571 bits per heavy atom. The summed E-state index contributed by atoms with van der Waals surface area (Å²) in [4.78, 5) is 0. The molecule has 0 N–H and O–H groups in total. The molecule has 0 unspecified atom stereocenters. The fraction of sp³-hybridized carbons (Fsp3) is 0. The van der Waals surface area contributed by atoms with E-state index in [1.54, 1.807) is 0 Å². The molecule has 0 aromatic rings. The predicted octanol–water partition coefficient (Wildman–Crippen LogP) is 0.0525. The molecule has 73 valence electrons. The summed E-state index contributed by atoms with van der Waals surface area (Å²) in [6.07, 6.45) is 0. The molecule has 0 aromatic carbocycles. The number of rotatable bonds is 0. The smallest absolute Gasteiger partial charge is 0.696 e. The fourth-order valence-corrected chi connectivity index (χ4v) is 0. The van der Waals surface area contributed by atoms with Gasteiger partial charge in [0.25, 0.3) is 0 Å². The Bertz CT molecular complexity index is 163. The number of hydrogen-bond acceptors (Lipinski definition) is 8. The summed E-state index contributed by atoms with van der Waals surface area (Å²) in [6, 6.07) is 0. The van der Waals surface area contributed by atoms with Crippen LogP contribution in [0, 0.1) is 42.7 Å². The molecule has 0 saturated heterocycles. The molecule has 0 aliphatic rings. The summed E-state index contributed by atoms with van der Waals surface area (Å²) in [7, 11) is 0. The minimum atomic E-state index is 0. The van der Waals surface area contributed by atoms with Gasteiger partial charge in [-0.15, -0.1) is 0 Å². The van der Waals surface area contributed by atoms with E-state index in [1.165, 1.54) is 21.6 Å². The van der Waals surface area contributed by atoms with Crippen LogP contribution < -0.4 is 0 Å². The average Bonchev–Trinajstić information content (AvgIpc) is 1.92. The third kappa shape index (κ3) is 4920000. The first-order chi connectivity index (χ1) is 5.66. The summed E-state index contributed by atoms with van der Waals surface area (Å²) in [6.45, 7) is 0. The van der Waals surface area contributed by atoms with Crippen molar-refractivity contribution in [1.82, 2.24) is 0 Å².